The number of carbonyl (C=O) groups is 1. The number of hydrogen-bond donors (Lipinski definition) is 0. The van der Waals surface area contributed by atoms with Crippen LogP contribution in [-0.4, -0.2) is 11.0 Å². The van der Waals surface area contributed by atoms with E-state index >= 15 is 0 Å². The van der Waals surface area contributed by atoms with Gasteiger partial charge in [-0.25, -0.2) is 0 Å². The Hall–Kier alpha value is -0.280. The van der Waals surface area contributed by atoms with Crippen LogP contribution in [0.4, 0.5) is 0 Å². The summed E-state index contributed by atoms with van der Waals surface area (Å²) in [5.41, 5.74) is 2.42. The molecule has 0 saturated carbocycles. The predicted molar refractivity (Wildman–Crippen MR) is 69.6 cm³/mol. The van der Waals surface area contributed by atoms with Crippen molar-refractivity contribution in [3.63, 3.8) is 0 Å². The second-order valence-electron chi connectivity index (χ2n) is 3.74. The molecule has 3 heteroatoms. The van der Waals surface area contributed by atoms with E-state index in [0.29, 0.717) is 0 Å². The highest BCUT2D eigenvalue weighted by Gasteiger charge is 2.11. The van der Waals surface area contributed by atoms with Crippen LogP contribution in [0.15, 0.2) is 21.5 Å². The van der Waals surface area contributed by atoms with Crippen molar-refractivity contribution in [2.45, 2.75) is 37.8 Å². The molecule has 82 valence electrons. The van der Waals surface area contributed by atoms with Crippen LogP contribution in [0.25, 0.3) is 0 Å². The predicted octanol–water partition coefficient (Wildman–Crippen LogP) is 4.14. The minimum atomic E-state index is 0.0317. The maximum absolute atomic E-state index is 11.2. The first-order valence-corrected chi connectivity index (χ1v) is 6.53. The van der Waals surface area contributed by atoms with Crippen LogP contribution in [-0.2, 0) is 4.79 Å². The highest BCUT2D eigenvalue weighted by atomic mass is 79.9. The smallest absolute Gasteiger partial charge is 0.142 e. The fourth-order valence-corrected chi connectivity index (χ4v) is 2.65. The molecule has 0 aromatic heterocycles. The Bertz CT molecular complexity index is 387. The van der Waals surface area contributed by atoms with E-state index in [1.165, 1.54) is 16.0 Å². The summed E-state index contributed by atoms with van der Waals surface area (Å²) in [5, 5.41) is 0.0317. The van der Waals surface area contributed by atoms with Gasteiger partial charge in [-0.05, 0) is 51.0 Å². The van der Waals surface area contributed by atoms with Gasteiger partial charge in [0, 0.05) is 9.37 Å². The Morgan fingerprint density at radius 3 is 2.47 bits per heavy atom. The van der Waals surface area contributed by atoms with Crippen molar-refractivity contribution in [3.05, 3.63) is 27.7 Å². The Labute approximate surface area is 104 Å². The molecular formula is C12H15BrOS. The van der Waals surface area contributed by atoms with Gasteiger partial charge in [0.15, 0.2) is 0 Å². The van der Waals surface area contributed by atoms with Crippen molar-refractivity contribution in [2.75, 3.05) is 0 Å². The first-order chi connectivity index (χ1) is 6.91. The average Bonchev–Trinajstić information content (AvgIpc) is 2.13. The van der Waals surface area contributed by atoms with Crippen molar-refractivity contribution in [1.29, 1.82) is 0 Å². The largest absolute Gasteiger partial charge is 0.299 e. The van der Waals surface area contributed by atoms with Gasteiger partial charge in [0.1, 0.15) is 5.78 Å². The summed E-state index contributed by atoms with van der Waals surface area (Å²) in [7, 11) is 0. The zero-order chi connectivity index (χ0) is 11.6. The molecule has 0 spiro atoms. The molecule has 0 saturated heterocycles. The zero-order valence-electron chi connectivity index (χ0n) is 9.43. The molecule has 0 radical (unpaired) electrons. The second kappa shape index (κ2) is 5.17. The third-order valence-electron chi connectivity index (χ3n) is 2.33. The molecule has 0 amide bonds. The molecule has 1 unspecified atom stereocenters. The van der Waals surface area contributed by atoms with E-state index in [2.05, 4.69) is 41.9 Å². The highest BCUT2D eigenvalue weighted by molar-refractivity contribution is 9.10. The van der Waals surface area contributed by atoms with Crippen LogP contribution in [0.3, 0.4) is 0 Å². The molecule has 0 fully saturated rings. The molecule has 1 aromatic carbocycles. The molecule has 0 aliphatic carbocycles. The van der Waals surface area contributed by atoms with E-state index in [-0.39, 0.29) is 11.0 Å². The summed E-state index contributed by atoms with van der Waals surface area (Å²) < 4.78 is 1.12. The first kappa shape index (κ1) is 12.8. The first-order valence-electron chi connectivity index (χ1n) is 4.85. The summed E-state index contributed by atoms with van der Waals surface area (Å²) >= 11 is 5.13. The lowest BCUT2D eigenvalue weighted by Gasteiger charge is -2.11. The van der Waals surface area contributed by atoms with E-state index in [1.807, 2.05) is 6.92 Å². The van der Waals surface area contributed by atoms with Crippen molar-refractivity contribution >= 4 is 33.5 Å². The van der Waals surface area contributed by atoms with Crippen molar-refractivity contribution in [2.24, 2.45) is 0 Å². The molecule has 1 nitrogen and oxygen atoms in total. The maximum atomic E-state index is 11.2. The third kappa shape index (κ3) is 3.35. The van der Waals surface area contributed by atoms with E-state index in [0.717, 1.165) is 4.47 Å². The molecule has 0 heterocycles. The SMILES string of the molecule is CC(=O)C(C)Sc1cc(C)c(Br)cc1C. The van der Waals surface area contributed by atoms with E-state index in [1.54, 1.807) is 18.7 Å². The maximum Gasteiger partial charge on any atom is 0.142 e. The monoisotopic (exact) mass is 286 g/mol. The lowest BCUT2D eigenvalue weighted by atomic mass is 10.2. The zero-order valence-corrected chi connectivity index (χ0v) is 11.8. The molecule has 1 atom stereocenters. The number of ketones is 1. The van der Waals surface area contributed by atoms with Gasteiger partial charge < -0.3 is 0 Å². The number of carbonyl (C=O) groups excluding carboxylic acids is 1. The van der Waals surface area contributed by atoms with Crippen LogP contribution in [0.2, 0.25) is 0 Å². The normalized spacial score (nSPS) is 12.6. The van der Waals surface area contributed by atoms with E-state index in [9.17, 15) is 4.79 Å². The number of halogens is 1. The van der Waals surface area contributed by atoms with Gasteiger partial charge in [0.2, 0.25) is 0 Å². The molecule has 0 aliphatic heterocycles. The minimum absolute atomic E-state index is 0.0317. The molecule has 1 aromatic rings. The molecule has 0 aliphatic rings. The third-order valence-corrected chi connectivity index (χ3v) is 4.57. The number of Topliss-reactive ketones (excluding diaryl/α,β-unsaturated/α-hetero) is 1. The Morgan fingerprint density at radius 1 is 1.33 bits per heavy atom. The van der Waals surface area contributed by atoms with Crippen LogP contribution in [0.5, 0.6) is 0 Å². The fourth-order valence-electron chi connectivity index (χ4n) is 1.15. The summed E-state index contributed by atoms with van der Waals surface area (Å²) in [5.74, 6) is 0.222. The van der Waals surface area contributed by atoms with Crippen LogP contribution in [0.1, 0.15) is 25.0 Å². The van der Waals surface area contributed by atoms with Gasteiger partial charge in [-0.3, -0.25) is 4.79 Å². The minimum Gasteiger partial charge on any atom is -0.299 e. The van der Waals surface area contributed by atoms with Gasteiger partial charge in [-0.2, -0.15) is 0 Å². The molecule has 1 rings (SSSR count). The Morgan fingerprint density at radius 2 is 1.93 bits per heavy atom. The van der Waals surface area contributed by atoms with Gasteiger partial charge in [-0.1, -0.05) is 15.9 Å². The second-order valence-corrected chi connectivity index (χ2v) is 5.97. The molecule has 15 heavy (non-hydrogen) atoms. The summed E-state index contributed by atoms with van der Waals surface area (Å²) in [6, 6.07) is 4.23. The van der Waals surface area contributed by atoms with Crippen LogP contribution in [0, 0.1) is 13.8 Å². The lowest BCUT2D eigenvalue weighted by molar-refractivity contribution is -0.116. The highest BCUT2D eigenvalue weighted by Crippen LogP contribution is 2.31. The summed E-state index contributed by atoms with van der Waals surface area (Å²) in [4.78, 5) is 12.4. The average molecular weight is 287 g/mol. The lowest BCUT2D eigenvalue weighted by Crippen LogP contribution is -2.08. The van der Waals surface area contributed by atoms with Crippen molar-refractivity contribution < 1.29 is 4.79 Å². The Kier molecular flexibility index (Phi) is 4.41. The van der Waals surface area contributed by atoms with Crippen LogP contribution < -0.4 is 0 Å². The van der Waals surface area contributed by atoms with Crippen molar-refractivity contribution in [3.8, 4) is 0 Å². The number of hydrogen-bond acceptors (Lipinski definition) is 2. The van der Waals surface area contributed by atoms with E-state index in [4.69, 9.17) is 0 Å². The van der Waals surface area contributed by atoms with Crippen molar-refractivity contribution in [1.82, 2.24) is 0 Å². The number of rotatable bonds is 3. The standard InChI is InChI=1S/C12H15BrOS/c1-7-6-12(8(2)5-11(7)13)15-10(4)9(3)14/h5-6,10H,1-4H3. The molecule has 0 bridgehead atoms. The van der Waals surface area contributed by atoms with Gasteiger partial charge in [0.05, 0.1) is 5.25 Å². The van der Waals surface area contributed by atoms with Gasteiger partial charge >= 0.3 is 0 Å². The number of thioether (sulfide) groups is 1. The van der Waals surface area contributed by atoms with Gasteiger partial charge in [-0.15, -0.1) is 11.8 Å². The fraction of sp³-hybridized carbons (Fsp3) is 0.417. The van der Waals surface area contributed by atoms with E-state index < -0.39 is 0 Å². The number of benzene rings is 1. The quantitative estimate of drug-likeness (QED) is 0.777. The molecule has 0 N–H and O–H groups in total. The summed E-state index contributed by atoms with van der Waals surface area (Å²) in [6.45, 7) is 7.72. The Balaban J connectivity index is 2.95. The molecular weight excluding hydrogens is 272 g/mol. The van der Waals surface area contributed by atoms with Crippen LogP contribution >= 0.6 is 27.7 Å². The summed E-state index contributed by atoms with van der Waals surface area (Å²) in [6.07, 6.45) is 0. The topological polar surface area (TPSA) is 17.1 Å². The van der Waals surface area contributed by atoms with Gasteiger partial charge in [0.25, 0.3) is 0 Å². The number of aryl methyl sites for hydroxylation is 2.